The predicted molar refractivity (Wildman–Crippen MR) is 128 cm³/mol. The lowest BCUT2D eigenvalue weighted by Crippen LogP contribution is -2.49. The molecule has 0 radical (unpaired) electrons. The zero-order valence-electron chi connectivity index (χ0n) is 17.9. The van der Waals surface area contributed by atoms with Crippen LogP contribution in [0.25, 0.3) is 0 Å². The maximum atomic E-state index is 12.4. The van der Waals surface area contributed by atoms with Gasteiger partial charge in [0.1, 0.15) is 5.02 Å². The summed E-state index contributed by atoms with van der Waals surface area (Å²) in [6.07, 6.45) is 2.13. The van der Waals surface area contributed by atoms with Crippen molar-refractivity contribution in [2.24, 2.45) is 0 Å². The van der Waals surface area contributed by atoms with E-state index in [-0.39, 0.29) is 11.9 Å². The number of amides is 1. The van der Waals surface area contributed by atoms with Gasteiger partial charge >= 0.3 is 0 Å². The van der Waals surface area contributed by atoms with Crippen molar-refractivity contribution in [3.05, 3.63) is 45.0 Å². The van der Waals surface area contributed by atoms with Gasteiger partial charge in [0, 0.05) is 49.2 Å². The summed E-state index contributed by atoms with van der Waals surface area (Å²) >= 11 is 18.7. The van der Waals surface area contributed by atoms with Gasteiger partial charge in [0.25, 0.3) is 0 Å². The summed E-state index contributed by atoms with van der Waals surface area (Å²) in [5.41, 5.74) is 0.896. The highest BCUT2D eigenvalue weighted by atomic mass is 35.5. The molecule has 31 heavy (non-hydrogen) atoms. The maximum Gasteiger partial charge on any atom is 0.227 e. The Hall–Kier alpha value is -1.80. The van der Waals surface area contributed by atoms with Gasteiger partial charge in [0.05, 0.1) is 12.2 Å². The molecule has 1 saturated heterocycles. The third-order valence-corrected chi connectivity index (χ3v) is 6.04. The average Bonchev–Trinajstić information content (AvgIpc) is 2.73. The Balaban J connectivity index is 1.64. The van der Waals surface area contributed by atoms with E-state index in [1.54, 1.807) is 18.3 Å². The summed E-state index contributed by atoms with van der Waals surface area (Å²) in [6, 6.07) is 5.26. The molecular weight excluding hydrogens is 459 g/mol. The second-order valence-corrected chi connectivity index (χ2v) is 9.07. The largest absolute Gasteiger partial charge is 0.362 e. The molecule has 0 unspecified atom stereocenters. The van der Waals surface area contributed by atoms with Crippen molar-refractivity contribution in [3.63, 3.8) is 0 Å². The SMILES string of the molecule is C[C@@H](Nc1nc(N2CCN(C(=O)CCN(C)C)CC2)ncc1Cl)c1ccc(Cl)cc1Cl. The molecule has 0 spiro atoms. The molecule has 1 atom stereocenters. The third-order valence-electron chi connectivity index (χ3n) is 5.20. The van der Waals surface area contributed by atoms with Crippen LogP contribution in [0.4, 0.5) is 11.8 Å². The maximum absolute atomic E-state index is 12.4. The molecule has 1 aliphatic heterocycles. The minimum absolute atomic E-state index is 0.129. The fraction of sp³-hybridized carbons (Fsp3) is 0.476. The van der Waals surface area contributed by atoms with Crippen molar-refractivity contribution in [2.45, 2.75) is 19.4 Å². The molecule has 1 aromatic heterocycles. The molecule has 2 aromatic rings. The van der Waals surface area contributed by atoms with Crippen molar-refractivity contribution >= 4 is 52.5 Å². The van der Waals surface area contributed by atoms with Crippen LogP contribution in [0.2, 0.25) is 15.1 Å². The van der Waals surface area contributed by atoms with Gasteiger partial charge in [-0.05, 0) is 38.7 Å². The number of aromatic nitrogens is 2. The topological polar surface area (TPSA) is 64.6 Å². The summed E-state index contributed by atoms with van der Waals surface area (Å²) in [4.78, 5) is 27.4. The summed E-state index contributed by atoms with van der Waals surface area (Å²) in [7, 11) is 3.94. The lowest BCUT2D eigenvalue weighted by Gasteiger charge is -2.35. The van der Waals surface area contributed by atoms with Crippen LogP contribution < -0.4 is 10.2 Å². The molecule has 10 heteroatoms. The van der Waals surface area contributed by atoms with Gasteiger partial charge in [-0.15, -0.1) is 0 Å². The van der Waals surface area contributed by atoms with E-state index >= 15 is 0 Å². The Bertz CT molecular complexity index is 918. The van der Waals surface area contributed by atoms with Crippen molar-refractivity contribution in [1.29, 1.82) is 0 Å². The Morgan fingerprint density at radius 3 is 2.52 bits per heavy atom. The molecule has 168 valence electrons. The first-order valence-corrected chi connectivity index (χ1v) is 11.3. The number of carbonyl (C=O) groups excluding carboxylic acids is 1. The number of carbonyl (C=O) groups is 1. The molecule has 3 rings (SSSR count). The van der Waals surface area contributed by atoms with E-state index in [2.05, 4.69) is 20.2 Å². The third kappa shape index (κ3) is 6.35. The minimum Gasteiger partial charge on any atom is -0.362 e. The lowest BCUT2D eigenvalue weighted by atomic mass is 10.1. The van der Waals surface area contributed by atoms with Crippen LogP contribution in [0.5, 0.6) is 0 Å². The fourth-order valence-corrected chi connectivity index (χ4v) is 4.10. The Labute approximate surface area is 198 Å². The zero-order chi connectivity index (χ0) is 22.5. The van der Waals surface area contributed by atoms with Crippen molar-refractivity contribution < 1.29 is 4.79 Å². The molecule has 1 aromatic carbocycles. The van der Waals surface area contributed by atoms with E-state index in [9.17, 15) is 4.79 Å². The number of nitrogens with zero attached hydrogens (tertiary/aromatic N) is 5. The van der Waals surface area contributed by atoms with Crippen LogP contribution in [0.1, 0.15) is 24.9 Å². The van der Waals surface area contributed by atoms with Gasteiger partial charge in [0.15, 0.2) is 5.82 Å². The van der Waals surface area contributed by atoms with Crippen LogP contribution in [-0.2, 0) is 4.79 Å². The van der Waals surface area contributed by atoms with Gasteiger partial charge < -0.3 is 20.0 Å². The van der Waals surface area contributed by atoms with Crippen molar-refractivity contribution in [1.82, 2.24) is 19.8 Å². The Morgan fingerprint density at radius 1 is 1.16 bits per heavy atom. The highest BCUT2D eigenvalue weighted by Gasteiger charge is 2.23. The van der Waals surface area contributed by atoms with E-state index in [0.717, 1.165) is 12.1 Å². The molecule has 1 amide bonds. The zero-order valence-corrected chi connectivity index (χ0v) is 20.2. The first-order valence-electron chi connectivity index (χ1n) is 10.2. The quantitative estimate of drug-likeness (QED) is 0.634. The van der Waals surface area contributed by atoms with Gasteiger partial charge in [0.2, 0.25) is 11.9 Å². The normalized spacial score (nSPS) is 15.3. The van der Waals surface area contributed by atoms with E-state index in [1.165, 1.54) is 0 Å². The van der Waals surface area contributed by atoms with E-state index < -0.39 is 0 Å². The summed E-state index contributed by atoms with van der Waals surface area (Å²) < 4.78 is 0. The second-order valence-electron chi connectivity index (χ2n) is 7.82. The summed E-state index contributed by atoms with van der Waals surface area (Å²) in [5, 5.41) is 4.91. The molecule has 1 fully saturated rings. The minimum atomic E-state index is -0.129. The van der Waals surface area contributed by atoms with Crippen LogP contribution >= 0.6 is 34.8 Å². The van der Waals surface area contributed by atoms with E-state index in [4.69, 9.17) is 34.8 Å². The van der Waals surface area contributed by atoms with Gasteiger partial charge in [-0.2, -0.15) is 4.98 Å². The van der Waals surface area contributed by atoms with Crippen LogP contribution in [0.3, 0.4) is 0 Å². The van der Waals surface area contributed by atoms with E-state index in [1.807, 2.05) is 36.9 Å². The van der Waals surface area contributed by atoms with Crippen LogP contribution in [-0.4, -0.2) is 72.5 Å². The summed E-state index contributed by atoms with van der Waals surface area (Å²) in [6.45, 7) is 5.38. The predicted octanol–water partition coefficient (Wildman–Crippen LogP) is 4.21. The number of rotatable bonds is 7. The summed E-state index contributed by atoms with van der Waals surface area (Å²) in [5.74, 6) is 1.30. The smallest absolute Gasteiger partial charge is 0.227 e. The van der Waals surface area contributed by atoms with Crippen LogP contribution in [0.15, 0.2) is 24.4 Å². The number of anilines is 2. The van der Waals surface area contributed by atoms with Crippen molar-refractivity contribution in [2.75, 3.05) is 57.0 Å². The second kappa shape index (κ2) is 10.7. The Morgan fingerprint density at radius 2 is 1.87 bits per heavy atom. The standard InChI is InChI=1S/C21H27Cl3N6O/c1-14(16-5-4-15(22)12-17(16)23)26-20-18(24)13-25-21(27-20)30-10-8-29(9-11-30)19(31)6-7-28(2)3/h4-5,12-14H,6-11H2,1-3H3,(H,25,26,27)/t14-/m1/s1. The molecular formula is C21H27Cl3N6O. The molecule has 7 nitrogen and oxygen atoms in total. The number of hydrogen-bond donors (Lipinski definition) is 1. The Kier molecular flexibility index (Phi) is 8.22. The number of benzene rings is 1. The number of halogens is 3. The fourth-order valence-electron chi connectivity index (χ4n) is 3.38. The highest BCUT2D eigenvalue weighted by molar-refractivity contribution is 6.35. The molecule has 0 saturated carbocycles. The van der Waals surface area contributed by atoms with Gasteiger partial charge in [-0.3, -0.25) is 4.79 Å². The average molecular weight is 486 g/mol. The molecule has 1 N–H and O–H groups in total. The molecule has 1 aliphatic rings. The first kappa shape index (κ1) is 23.9. The van der Waals surface area contributed by atoms with Gasteiger partial charge in [-0.25, -0.2) is 4.98 Å². The molecule has 2 heterocycles. The highest BCUT2D eigenvalue weighted by Crippen LogP contribution is 2.30. The number of nitrogens with one attached hydrogen (secondary N) is 1. The van der Waals surface area contributed by atoms with E-state index in [0.29, 0.717) is 59.4 Å². The monoisotopic (exact) mass is 484 g/mol. The van der Waals surface area contributed by atoms with Crippen LogP contribution in [0, 0.1) is 0 Å². The molecule has 0 bridgehead atoms. The number of piperazine rings is 1. The number of hydrogen-bond acceptors (Lipinski definition) is 6. The van der Waals surface area contributed by atoms with Gasteiger partial charge in [-0.1, -0.05) is 40.9 Å². The first-order chi connectivity index (χ1) is 14.7. The van der Waals surface area contributed by atoms with Crippen molar-refractivity contribution in [3.8, 4) is 0 Å². The molecule has 0 aliphatic carbocycles. The lowest BCUT2D eigenvalue weighted by molar-refractivity contribution is -0.131.